The summed E-state index contributed by atoms with van der Waals surface area (Å²) >= 11 is 0. The molecule has 3 aromatic rings. The molecule has 0 N–H and O–H groups in total. The van der Waals surface area contributed by atoms with Gasteiger partial charge in [0.15, 0.2) is 7.14 Å². The van der Waals surface area contributed by atoms with Crippen molar-refractivity contribution in [2.75, 3.05) is 7.11 Å². The molecule has 0 aliphatic rings. The van der Waals surface area contributed by atoms with Gasteiger partial charge in [-0.05, 0) is 18.3 Å². The van der Waals surface area contributed by atoms with Gasteiger partial charge in [0.25, 0.3) is 5.60 Å². The lowest BCUT2D eigenvalue weighted by Gasteiger charge is -2.33. The molecule has 2 atom stereocenters. The molecule has 0 heterocycles. The predicted molar refractivity (Wildman–Crippen MR) is 130 cm³/mol. The molecular formula is C27H26F3O4P. The van der Waals surface area contributed by atoms with Crippen LogP contribution in [0.25, 0.3) is 0 Å². The van der Waals surface area contributed by atoms with Crippen LogP contribution >= 0.6 is 7.14 Å². The highest BCUT2D eigenvalue weighted by atomic mass is 31.2. The van der Waals surface area contributed by atoms with Crippen molar-refractivity contribution in [3.05, 3.63) is 108 Å². The summed E-state index contributed by atoms with van der Waals surface area (Å²) in [4.78, 5) is 13.0. The van der Waals surface area contributed by atoms with Crippen molar-refractivity contribution in [2.24, 2.45) is 0 Å². The maximum absolute atomic E-state index is 14.2. The monoisotopic (exact) mass is 502 g/mol. The lowest BCUT2D eigenvalue weighted by molar-refractivity contribution is -0.277. The number of halogens is 3. The van der Waals surface area contributed by atoms with Crippen molar-refractivity contribution in [3.63, 3.8) is 0 Å². The molecule has 0 saturated carbocycles. The lowest BCUT2D eigenvalue weighted by atomic mass is 9.92. The van der Waals surface area contributed by atoms with Crippen LogP contribution in [0.5, 0.6) is 0 Å². The van der Waals surface area contributed by atoms with Crippen LogP contribution in [0.4, 0.5) is 13.2 Å². The van der Waals surface area contributed by atoms with Crippen molar-refractivity contribution in [3.8, 4) is 0 Å². The van der Waals surface area contributed by atoms with Crippen LogP contribution in [0, 0.1) is 0 Å². The van der Waals surface area contributed by atoms with E-state index in [1.807, 2.05) is 0 Å². The largest absolute Gasteiger partial charge is 0.455 e. The minimum atomic E-state index is -5.08. The number of hydrogen-bond acceptors (Lipinski definition) is 4. The molecule has 0 aromatic heterocycles. The topological polar surface area (TPSA) is 52.6 Å². The van der Waals surface area contributed by atoms with Crippen molar-refractivity contribution in [1.29, 1.82) is 0 Å². The van der Waals surface area contributed by atoms with Gasteiger partial charge < -0.3 is 14.0 Å². The minimum absolute atomic E-state index is 0.165. The van der Waals surface area contributed by atoms with E-state index in [0.29, 0.717) is 10.6 Å². The molecule has 35 heavy (non-hydrogen) atoms. The van der Waals surface area contributed by atoms with E-state index in [1.165, 1.54) is 30.1 Å². The van der Waals surface area contributed by atoms with E-state index in [-0.39, 0.29) is 6.42 Å². The summed E-state index contributed by atoms with van der Waals surface area (Å²) in [5.74, 6) is -0.159. The molecule has 184 valence electrons. The molecule has 3 aromatic carbocycles. The van der Waals surface area contributed by atoms with Gasteiger partial charge in [0.2, 0.25) is 0 Å². The molecule has 0 spiro atoms. The van der Waals surface area contributed by atoms with E-state index in [4.69, 9.17) is 9.47 Å². The zero-order valence-corrected chi connectivity index (χ0v) is 20.2. The van der Waals surface area contributed by atoms with E-state index < -0.39 is 36.6 Å². The van der Waals surface area contributed by atoms with Crippen molar-refractivity contribution in [2.45, 2.75) is 31.2 Å². The zero-order valence-electron chi connectivity index (χ0n) is 19.3. The molecule has 1 unspecified atom stereocenters. The maximum Gasteiger partial charge on any atom is 0.432 e. The van der Waals surface area contributed by atoms with E-state index in [1.54, 1.807) is 67.6 Å². The summed E-state index contributed by atoms with van der Waals surface area (Å²) in [6.45, 7) is 1.66. The highest BCUT2D eigenvalue weighted by Crippen LogP contribution is 2.46. The van der Waals surface area contributed by atoms with Gasteiger partial charge >= 0.3 is 12.1 Å². The Morgan fingerprint density at radius 2 is 1.34 bits per heavy atom. The fourth-order valence-electron chi connectivity index (χ4n) is 3.70. The molecule has 0 saturated heterocycles. The highest BCUT2D eigenvalue weighted by molar-refractivity contribution is 7.81. The van der Waals surface area contributed by atoms with Crippen LogP contribution in [-0.4, -0.2) is 25.4 Å². The van der Waals surface area contributed by atoms with Crippen molar-refractivity contribution < 1.29 is 32.0 Å². The van der Waals surface area contributed by atoms with Crippen LogP contribution in [0.2, 0.25) is 0 Å². The van der Waals surface area contributed by atoms with Gasteiger partial charge in [0.1, 0.15) is 6.10 Å². The first kappa shape index (κ1) is 26.5. The first-order chi connectivity index (χ1) is 16.7. The smallest absolute Gasteiger partial charge is 0.432 e. The molecule has 0 aliphatic carbocycles. The third kappa shape index (κ3) is 5.42. The van der Waals surface area contributed by atoms with Gasteiger partial charge in [-0.2, -0.15) is 13.2 Å². The Kier molecular flexibility index (Phi) is 8.36. The predicted octanol–water partition coefficient (Wildman–Crippen LogP) is 5.94. The molecule has 0 amide bonds. The fraction of sp³-hybridized carbons (Fsp3) is 0.222. The Bertz CT molecular complexity index is 1140. The van der Waals surface area contributed by atoms with Crippen LogP contribution < -0.4 is 10.6 Å². The summed E-state index contributed by atoms with van der Waals surface area (Å²) in [7, 11) is -2.48. The third-order valence-corrected chi connectivity index (χ3v) is 8.35. The summed E-state index contributed by atoms with van der Waals surface area (Å²) in [6, 6.07) is 24.1. The highest BCUT2D eigenvalue weighted by Gasteiger charge is 2.64. The average Bonchev–Trinajstić information content (AvgIpc) is 2.88. The number of methoxy groups -OCH3 is 1. The van der Waals surface area contributed by atoms with Crippen LogP contribution in [0.1, 0.15) is 18.9 Å². The second-order valence-corrected chi connectivity index (χ2v) is 10.4. The van der Waals surface area contributed by atoms with E-state index in [9.17, 15) is 22.5 Å². The van der Waals surface area contributed by atoms with Gasteiger partial charge in [0, 0.05) is 23.3 Å². The summed E-state index contributed by atoms with van der Waals surface area (Å²) in [5, 5.41) is 1.10. The lowest BCUT2D eigenvalue weighted by Crippen LogP contribution is -2.52. The molecule has 3 rings (SSSR count). The van der Waals surface area contributed by atoms with Crippen LogP contribution in [-0.2, 0) is 24.4 Å². The van der Waals surface area contributed by atoms with Gasteiger partial charge in [0.05, 0.1) is 0 Å². The molecule has 0 bridgehead atoms. The van der Waals surface area contributed by atoms with Gasteiger partial charge in [-0.3, -0.25) is 0 Å². The van der Waals surface area contributed by atoms with Crippen LogP contribution in [0.15, 0.2) is 103 Å². The number of carbonyl (C=O) groups excluding carboxylic acids is 1. The quantitative estimate of drug-likeness (QED) is 0.269. The number of alkyl halides is 3. The molecule has 0 aliphatic heterocycles. The van der Waals surface area contributed by atoms with E-state index in [0.717, 1.165) is 19.2 Å². The fourth-order valence-corrected chi connectivity index (χ4v) is 6.01. The normalized spacial score (nSPS) is 14.9. The molecule has 8 heteroatoms. The van der Waals surface area contributed by atoms with Gasteiger partial charge in [-0.1, -0.05) is 97.9 Å². The number of carbonyl (C=O) groups is 1. The Morgan fingerprint density at radius 1 is 0.886 bits per heavy atom. The summed E-state index contributed by atoms with van der Waals surface area (Å²) in [5.41, 5.74) is -3.68. The number of ether oxygens (including phenoxy) is 2. The SMILES string of the molecule is CC[C@H](/C=C/P(=O)(c1ccccc1)c1ccccc1)OC(=O)C(OC)(c1ccccc1)C(F)(F)F. The number of esters is 1. The number of rotatable bonds is 9. The summed E-state index contributed by atoms with van der Waals surface area (Å²) in [6.07, 6.45) is -4.59. The van der Waals surface area contributed by atoms with Gasteiger partial charge in [-0.15, -0.1) is 0 Å². The van der Waals surface area contributed by atoms with Crippen molar-refractivity contribution in [1.82, 2.24) is 0 Å². The standard InChI is InChI=1S/C27H26F3O4P/c1-3-22(34-25(31)26(33-2,27(28,29)30)21-13-7-4-8-14-21)19-20-35(32,23-15-9-5-10-16-23)24-17-11-6-12-18-24/h4-20,22H,3H2,1-2H3/b20-19+/t22-,26?/m1/s1. The molecule has 0 fully saturated rings. The molecule has 0 radical (unpaired) electrons. The molecule has 4 nitrogen and oxygen atoms in total. The number of hydrogen-bond donors (Lipinski definition) is 0. The minimum Gasteiger partial charge on any atom is -0.455 e. The van der Waals surface area contributed by atoms with E-state index >= 15 is 0 Å². The zero-order chi connectivity index (χ0) is 25.5. The second-order valence-electron chi connectivity index (χ2n) is 7.77. The Labute approximate surface area is 202 Å². The van der Waals surface area contributed by atoms with Gasteiger partial charge in [-0.25, -0.2) is 4.79 Å². The Morgan fingerprint density at radius 3 is 1.74 bits per heavy atom. The Hall–Kier alpha value is -3.15. The average molecular weight is 502 g/mol. The summed E-state index contributed by atoms with van der Waals surface area (Å²) < 4.78 is 66.8. The van der Waals surface area contributed by atoms with Crippen molar-refractivity contribution >= 4 is 23.7 Å². The third-order valence-electron chi connectivity index (χ3n) is 5.62. The Balaban J connectivity index is 1.98. The van der Waals surface area contributed by atoms with E-state index in [2.05, 4.69) is 0 Å². The first-order valence-electron chi connectivity index (χ1n) is 11.0. The maximum atomic E-state index is 14.2. The number of benzene rings is 3. The second kappa shape index (κ2) is 11.1. The molecular weight excluding hydrogens is 476 g/mol. The first-order valence-corrected chi connectivity index (χ1v) is 12.8. The van der Waals surface area contributed by atoms with Crippen LogP contribution in [0.3, 0.4) is 0 Å².